The number of benzene rings is 1. The van der Waals surface area contributed by atoms with Gasteiger partial charge in [0, 0.05) is 28.7 Å². The predicted octanol–water partition coefficient (Wildman–Crippen LogP) is 5.63. The number of thiazole rings is 1. The Labute approximate surface area is 156 Å². The number of nitrogens with zero attached hydrogens (tertiary/aromatic N) is 3. The molecule has 0 spiro atoms. The summed E-state index contributed by atoms with van der Waals surface area (Å²) >= 11 is 14.1. The van der Waals surface area contributed by atoms with Crippen LogP contribution >= 0.6 is 34.5 Å². The Balaban J connectivity index is 2.04. The van der Waals surface area contributed by atoms with E-state index in [0.717, 1.165) is 35.3 Å². The Hall–Kier alpha value is -1.36. The van der Waals surface area contributed by atoms with Gasteiger partial charge in [0.05, 0.1) is 10.7 Å². The maximum Gasteiger partial charge on any atom is 0.206 e. The minimum atomic E-state index is 0.472. The molecule has 0 radical (unpaired) electrons. The molecule has 0 saturated carbocycles. The zero-order chi connectivity index (χ0) is 16.9. The lowest BCUT2D eigenvalue weighted by Gasteiger charge is -2.12. The van der Waals surface area contributed by atoms with Gasteiger partial charge in [0.2, 0.25) is 4.80 Å². The highest BCUT2D eigenvalue weighted by molar-refractivity contribution is 7.07. The van der Waals surface area contributed by atoms with Gasteiger partial charge in [-0.2, -0.15) is 5.10 Å². The predicted molar refractivity (Wildman–Crippen MR) is 104 cm³/mol. The van der Waals surface area contributed by atoms with E-state index in [9.17, 15) is 0 Å². The molecule has 0 amide bonds. The third-order valence-corrected chi connectivity index (χ3v) is 5.30. The standard InChI is InChI=1S/C18H19Cl2N3S/c1-2-21-18-23(22-11-13-6-4-3-5-7-13)17(12-24-18)15-10-14(19)8-9-16(15)20/h3-4,8-13H,2,5-7H2,1H3. The average molecular weight is 380 g/mol. The molecule has 0 saturated heterocycles. The highest BCUT2D eigenvalue weighted by Gasteiger charge is 2.13. The Morgan fingerprint density at radius 3 is 2.96 bits per heavy atom. The number of hydrogen-bond acceptors (Lipinski definition) is 3. The van der Waals surface area contributed by atoms with Crippen molar-refractivity contribution in [3.63, 3.8) is 0 Å². The SMILES string of the molecule is CCN=c1scc(-c2cc(Cl)ccc2Cl)n1N=CC1CC=CCC1. The van der Waals surface area contributed by atoms with Crippen LogP contribution in [-0.2, 0) is 0 Å². The summed E-state index contributed by atoms with van der Waals surface area (Å²) in [5.74, 6) is 0.472. The van der Waals surface area contributed by atoms with Crippen molar-refractivity contribution < 1.29 is 0 Å². The molecule has 1 aliphatic carbocycles. The van der Waals surface area contributed by atoms with Crippen molar-refractivity contribution in [1.82, 2.24) is 4.68 Å². The van der Waals surface area contributed by atoms with Gasteiger partial charge in [-0.1, -0.05) is 35.4 Å². The Morgan fingerprint density at radius 1 is 1.33 bits per heavy atom. The van der Waals surface area contributed by atoms with E-state index in [1.165, 1.54) is 0 Å². The van der Waals surface area contributed by atoms with Crippen LogP contribution in [0.5, 0.6) is 0 Å². The smallest absolute Gasteiger partial charge is 0.206 e. The first-order valence-electron chi connectivity index (χ1n) is 8.05. The summed E-state index contributed by atoms with van der Waals surface area (Å²) in [6.45, 7) is 2.73. The summed E-state index contributed by atoms with van der Waals surface area (Å²) in [6, 6.07) is 5.48. The second-order valence-electron chi connectivity index (χ2n) is 5.62. The lowest BCUT2D eigenvalue weighted by atomic mass is 9.96. The van der Waals surface area contributed by atoms with Crippen molar-refractivity contribution in [2.45, 2.75) is 26.2 Å². The summed E-state index contributed by atoms with van der Waals surface area (Å²) in [7, 11) is 0. The number of halogens is 2. The minimum absolute atomic E-state index is 0.472. The molecule has 0 N–H and O–H groups in total. The maximum atomic E-state index is 6.38. The van der Waals surface area contributed by atoms with Gasteiger partial charge in [0.15, 0.2) is 0 Å². The molecule has 1 unspecified atom stereocenters. The van der Waals surface area contributed by atoms with E-state index in [-0.39, 0.29) is 0 Å². The van der Waals surface area contributed by atoms with E-state index in [1.54, 1.807) is 17.4 Å². The molecule has 3 rings (SSSR count). The molecule has 0 aliphatic heterocycles. The van der Waals surface area contributed by atoms with E-state index in [4.69, 9.17) is 28.3 Å². The summed E-state index contributed by atoms with van der Waals surface area (Å²) in [5, 5.41) is 8.07. The second kappa shape index (κ2) is 8.15. The van der Waals surface area contributed by atoms with Crippen LogP contribution in [0.3, 0.4) is 0 Å². The molecule has 0 bridgehead atoms. The van der Waals surface area contributed by atoms with Crippen molar-refractivity contribution >= 4 is 40.8 Å². The Morgan fingerprint density at radius 2 is 2.21 bits per heavy atom. The molecule has 1 atom stereocenters. The molecular weight excluding hydrogens is 361 g/mol. The van der Waals surface area contributed by atoms with Gasteiger partial charge in [0.1, 0.15) is 0 Å². The third-order valence-electron chi connectivity index (χ3n) is 3.89. The minimum Gasteiger partial charge on any atom is -0.258 e. The molecule has 2 aromatic rings. The quantitative estimate of drug-likeness (QED) is 0.486. The van der Waals surface area contributed by atoms with Gasteiger partial charge in [-0.15, -0.1) is 11.3 Å². The van der Waals surface area contributed by atoms with Gasteiger partial charge in [-0.25, -0.2) is 4.68 Å². The van der Waals surface area contributed by atoms with E-state index < -0.39 is 0 Å². The normalized spacial score (nSPS) is 18.6. The van der Waals surface area contributed by atoms with Crippen LogP contribution in [0.2, 0.25) is 10.0 Å². The fourth-order valence-electron chi connectivity index (χ4n) is 2.65. The van der Waals surface area contributed by atoms with E-state index in [0.29, 0.717) is 22.5 Å². The van der Waals surface area contributed by atoms with Crippen LogP contribution in [-0.4, -0.2) is 17.4 Å². The summed E-state index contributed by atoms with van der Waals surface area (Å²) in [5.41, 5.74) is 1.79. The van der Waals surface area contributed by atoms with Crippen LogP contribution < -0.4 is 4.80 Å². The number of allylic oxidation sites excluding steroid dienone is 2. The van der Waals surface area contributed by atoms with E-state index >= 15 is 0 Å². The Kier molecular flexibility index (Phi) is 5.93. The molecule has 24 heavy (non-hydrogen) atoms. The molecule has 1 aromatic heterocycles. The van der Waals surface area contributed by atoms with Crippen molar-refractivity contribution in [2.24, 2.45) is 16.0 Å². The molecule has 3 nitrogen and oxygen atoms in total. The van der Waals surface area contributed by atoms with Crippen molar-refractivity contribution in [3.05, 3.63) is 50.6 Å². The second-order valence-corrected chi connectivity index (χ2v) is 7.30. The summed E-state index contributed by atoms with van der Waals surface area (Å²) < 4.78 is 1.88. The number of hydrogen-bond donors (Lipinski definition) is 0. The van der Waals surface area contributed by atoms with Crippen LogP contribution in [0.25, 0.3) is 11.3 Å². The summed E-state index contributed by atoms with van der Waals surface area (Å²) in [6.07, 6.45) is 9.79. The van der Waals surface area contributed by atoms with Gasteiger partial charge >= 0.3 is 0 Å². The zero-order valence-corrected chi connectivity index (χ0v) is 15.8. The molecule has 1 aliphatic rings. The first-order chi connectivity index (χ1) is 11.7. The monoisotopic (exact) mass is 379 g/mol. The highest BCUT2D eigenvalue weighted by Crippen LogP contribution is 2.31. The molecule has 1 aromatic carbocycles. The fourth-order valence-corrected chi connectivity index (χ4v) is 3.93. The Bertz CT molecular complexity index is 833. The van der Waals surface area contributed by atoms with E-state index in [1.807, 2.05) is 35.3 Å². The lowest BCUT2D eigenvalue weighted by molar-refractivity contribution is 0.621. The zero-order valence-electron chi connectivity index (χ0n) is 13.5. The van der Waals surface area contributed by atoms with Crippen LogP contribution in [0, 0.1) is 5.92 Å². The van der Waals surface area contributed by atoms with Crippen LogP contribution in [0.15, 0.2) is 45.8 Å². The van der Waals surface area contributed by atoms with Crippen LogP contribution in [0.1, 0.15) is 26.2 Å². The van der Waals surface area contributed by atoms with Crippen molar-refractivity contribution in [2.75, 3.05) is 6.54 Å². The molecule has 1 heterocycles. The number of rotatable bonds is 4. The third kappa shape index (κ3) is 4.00. The van der Waals surface area contributed by atoms with Gasteiger partial charge in [-0.05, 0) is 50.3 Å². The molecule has 126 valence electrons. The molecule has 0 fully saturated rings. The first kappa shape index (κ1) is 17.5. The molecular formula is C18H19Cl2N3S. The summed E-state index contributed by atoms with van der Waals surface area (Å²) in [4.78, 5) is 5.41. The maximum absolute atomic E-state index is 6.38. The topological polar surface area (TPSA) is 29.6 Å². The average Bonchev–Trinajstić information content (AvgIpc) is 2.99. The van der Waals surface area contributed by atoms with Crippen molar-refractivity contribution in [1.29, 1.82) is 0 Å². The first-order valence-corrected chi connectivity index (χ1v) is 9.68. The lowest BCUT2D eigenvalue weighted by Crippen LogP contribution is -2.14. The van der Waals surface area contributed by atoms with Gasteiger partial charge in [-0.3, -0.25) is 4.99 Å². The highest BCUT2D eigenvalue weighted by atomic mass is 35.5. The molecule has 6 heteroatoms. The largest absolute Gasteiger partial charge is 0.258 e. The van der Waals surface area contributed by atoms with Crippen LogP contribution in [0.4, 0.5) is 0 Å². The number of aromatic nitrogens is 1. The van der Waals surface area contributed by atoms with E-state index in [2.05, 4.69) is 17.1 Å². The van der Waals surface area contributed by atoms with Gasteiger partial charge < -0.3 is 0 Å². The fraction of sp³-hybridized carbons (Fsp3) is 0.333. The van der Waals surface area contributed by atoms with Gasteiger partial charge in [0.25, 0.3) is 0 Å². The van der Waals surface area contributed by atoms with Crippen molar-refractivity contribution in [3.8, 4) is 11.3 Å².